The summed E-state index contributed by atoms with van der Waals surface area (Å²) in [6.07, 6.45) is 3.80. The molecule has 0 spiro atoms. The molecule has 1 atom stereocenters. The Labute approximate surface area is 89.4 Å². The minimum absolute atomic E-state index is 0.765. The van der Waals surface area contributed by atoms with Crippen molar-refractivity contribution in [1.82, 2.24) is 5.32 Å². The molecule has 1 unspecified atom stereocenters. The van der Waals surface area contributed by atoms with Crippen LogP contribution in [-0.2, 0) is 4.74 Å². The van der Waals surface area contributed by atoms with Crippen LogP contribution in [0.2, 0.25) is 0 Å². The molecule has 0 saturated carbocycles. The second-order valence-corrected chi connectivity index (χ2v) is 4.63. The van der Waals surface area contributed by atoms with Crippen molar-refractivity contribution >= 4 is 0 Å². The van der Waals surface area contributed by atoms with E-state index < -0.39 is 0 Å². The van der Waals surface area contributed by atoms with Crippen LogP contribution in [0.15, 0.2) is 0 Å². The fourth-order valence-electron chi connectivity index (χ4n) is 1.43. The van der Waals surface area contributed by atoms with Crippen LogP contribution in [0.4, 0.5) is 0 Å². The van der Waals surface area contributed by atoms with Crippen molar-refractivity contribution in [3.8, 4) is 0 Å². The Kier molecular flexibility index (Phi) is 9.42. The first kappa shape index (κ1) is 13.9. The zero-order chi connectivity index (χ0) is 10.8. The van der Waals surface area contributed by atoms with Crippen LogP contribution >= 0.6 is 0 Å². The molecule has 0 aliphatic heterocycles. The van der Waals surface area contributed by atoms with Crippen molar-refractivity contribution in [2.24, 2.45) is 11.8 Å². The molecule has 0 aromatic carbocycles. The Hall–Kier alpha value is -0.0800. The van der Waals surface area contributed by atoms with Gasteiger partial charge in [-0.15, -0.1) is 0 Å². The number of ether oxygens (including phenoxy) is 1. The van der Waals surface area contributed by atoms with Crippen LogP contribution in [0, 0.1) is 11.8 Å². The van der Waals surface area contributed by atoms with Gasteiger partial charge in [-0.25, -0.2) is 0 Å². The normalized spacial score (nSPS) is 13.5. The smallest absolute Gasteiger partial charge is 0.0464 e. The van der Waals surface area contributed by atoms with E-state index in [-0.39, 0.29) is 0 Å². The van der Waals surface area contributed by atoms with E-state index in [1.807, 2.05) is 0 Å². The Bertz CT molecular complexity index is 115. The zero-order valence-electron chi connectivity index (χ0n) is 10.3. The first-order valence-corrected chi connectivity index (χ1v) is 5.86. The number of hydrogen-bond donors (Lipinski definition) is 1. The van der Waals surface area contributed by atoms with E-state index in [2.05, 4.69) is 26.1 Å². The molecule has 0 radical (unpaired) electrons. The lowest BCUT2D eigenvalue weighted by atomic mass is 10.0. The summed E-state index contributed by atoms with van der Waals surface area (Å²) in [7, 11) is 1.77. The number of nitrogens with one attached hydrogen (secondary N) is 1. The van der Waals surface area contributed by atoms with Gasteiger partial charge in [0.15, 0.2) is 0 Å². The molecular formula is C12H27NO. The second kappa shape index (κ2) is 9.47. The standard InChI is InChI=1S/C12H27NO/c1-11(2)10-13-8-5-6-12(3)7-9-14-4/h11-13H,5-10H2,1-4H3. The summed E-state index contributed by atoms with van der Waals surface area (Å²) in [4.78, 5) is 0. The van der Waals surface area contributed by atoms with E-state index >= 15 is 0 Å². The van der Waals surface area contributed by atoms with E-state index in [1.54, 1.807) is 7.11 Å². The van der Waals surface area contributed by atoms with Gasteiger partial charge in [-0.3, -0.25) is 0 Å². The van der Waals surface area contributed by atoms with Crippen molar-refractivity contribution in [1.29, 1.82) is 0 Å². The number of rotatable bonds is 9. The average molecular weight is 201 g/mol. The van der Waals surface area contributed by atoms with Crippen molar-refractivity contribution in [3.05, 3.63) is 0 Å². The SMILES string of the molecule is COCCC(C)CCCNCC(C)C. The van der Waals surface area contributed by atoms with Gasteiger partial charge in [-0.2, -0.15) is 0 Å². The molecule has 0 aliphatic carbocycles. The van der Waals surface area contributed by atoms with Crippen molar-refractivity contribution < 1.29 is 4.74 Å². The fourth-order valence-corrected chi connectivity index (χ4v) is 1.43. The summed E-state index contributed by atoms with van der Waals surface area (Å²) in [5.41, 5.74) is 0. The van der Waals surface area contributed by atoms with Crippen molar-refractivity contribution in [2.45, 2.75) is 40.0 Å². The van der Waals surface area contributed by atoms with Crippen molar-refractivity contribution in [2.75, 3.05) is 26.8 Å². The molecule has 0 rings (SSSR count). The van der Waals surface area contributed by atoms with Crippen LogP contribution in [0.5, 0.6) is 0 Å². The molecule has 1 N–H and O–H groups in total. The first-order chi connectivity index (χ1) is 6.66. The highest BCUT2D eigenvalue weighted by molar-refractivity contribution is 4.56. The average Bonchev–Trinajstić information content (AvgIpc) is 2.13. The lowest BCUT2D eigenvalue weighted by Crippen LogP contribution is -2.21. The Morgan fingerprint density at radius 1 is 1.14 bits per heavy atom. The third kappa shape index (κ3) is 10.0. The van der Waals surface area contributed by atoms with Crippen LogP contribution in [0.3, 0.4) is 0 Å². The van der Waals surface area contributed by atoms with E-state index in [0.717, 1.165) is 31.5 Å². The van der Waals surface area contributed by atoms with Crippen LogP contribution in [0.25, 0.3) is 0 Å². The molecule has 2 nitrogen and oxygen atoms in total. The van der Waals surface area contributed by atoms with Crippen LogP contribution < -0.4 is 5.32 Å². The van der Waals surface area contributed by atoms with Gasteiger partial charge in [0.05, 0.1) is 0 Å². The van der Waals surface area contributed by atoms with Crippen LogP contribution in [-0.4, -0.2) is 26.8 Å². The highest BCUT2D eigenvalue weighted by atomic mass is 16.5. The van der Waals surface area contributed by atoms with E-state index in [9.17, 15) is 0 Å². The molecular weight excluding hydrogens is 174 g/mol. The molecule has 0 amide bonds. The van der Waals surface area contributed by atoms with Gasteiger partial charge in [-0.05, 0) is 44.2 Å². The van der Waals surface area contributed by atoms with Gasteiger partial charge in [0.2, 0.25) is 0 Å². The summed E-state index contributed by atoms with van der Waals surface area (Å²) >= 11 is 0. The first-order valence-electron chi connectivity index (χ1n) is 5.86. The molecule has 0 aromatic heterocycles. The summed E-state index contributed by atoms with van der Waals surface area (Å²) in [5.74, 6) is 1.57. The maximum absolute atomic E-state index is 5.06. The molecule has 0 aliphatic rings. The molecule has 86 valence electrons. The van der Waals surface area contributed by atoms with Gasteiger partial charge in [0, 0.05) is 13.7 Å². The van der Waals surface area contributed by atoms with Gasteiger partial charge in [0.25, 0.3) is 0 Å². The predicted molar refractivity (Wildman–Crippen MR) is 62.6 cm³/mol. The minimum atomic E-state index is 0.765. The maximum atomic E-state index is 5.06. The van der Waals surface area contributed by atoms with E-state index in [0.29, 0.717) is 0 Å². The second-order valence-electron chi connectivity index (χ2n) is 4.63. The number of hydrogen-bond acceptors (Lipinski definition) is 2. The highest BCUT2D eigenvalue weighted by Crippen LogP contribution is 2.09. The molecule has 2 heteroatoms. The zero-order valence-corrected chi connectivity index (χ0v) is 10.3. The summed E-state index contributed by atoms with van der Waals surface area (Å²) < 4.78 is 5.06. The summed E-state index contributed by atoms with van der Waals surface area (Å²) in [6, 6.07) is 0. The molecule has 14 heavy (non-hydrogen) atoms. The largest absolute Gasteiger partial charge is 0.385 e. The van der Waals surface area contributed by atoms with Crippen molar-refractivity contribution in [3.63, 3.8) is 0 Å². The fraction of sp³-hybridized carbons (Fsp3) is 1.00. The lowest BCUT2D eigenvalue weighted by molar-refractivity contribution is 0.178. The number of methoxy groups -OCH3 is 1. The Morgan fingerprint density at radius 3 is 2.43 bits per heavy atom. The quantitative estimate of drug-likeness (QED) is 0.579. The Morgan fingerprint density at radius 2 is 1.86 bits per heavy atom. The van der Waals surface area contributed by atoms with Gasteiger partial charge < -0.3 is 10.1 Å². The minimum Gasteiger partial charge on any atom is -0.385 e. The third-order valence-corrected chi connectivity index (χ3v) is 2.42. The predicted octanol–water partition coefficient (Wildman–Crippen LogP) is 2.68. The van der Waals surface area contributed by atoms with E-state index in [4.69, 9.17) is 4.74 Å². The molecule has 0 fully saturated rings. The molecule has 0 saturated heterocycles. The topological polar surface area (TPSA) is 21.3 Å². The van der Waals surface area contributed by atoms with Gasteiger partial charge >= 0.3 is 0 Å². The third-order valence-electron chi connectivity index (χ3n) is 2.42. The van der Waals surface area contributed by atoms with Gasteiger partial charge in [-0.1, -0.05) is 20.8 Å². The van der Waals surface area contributed by atoms with E-state index in [1.165, 1.54) is 19.3 Å². The lowest BCUT2D eigenvalue weighted by Gasteiger charge is -2.11. The summed E-state index contributed by atoms with van der Waals surface area (Å²) in [6.45, 7) is 10.0. The van der Waals surface area contributed by atoms with Crippen LogP contribution in [0.1, 0.15) is 40.0 Å². The molecule has 0 heterocycles. The van der Waals surface area contributed by atoms with Gasteiger partial charge in [0.1, 0.15) is 0 Å². The summed E-state index contributed by atoms with van der Waals surface area (Å²) in [5, 5.41) is 3.47. The highest BCUT2D eigenvalue weighted by Gasteiger charge is 2.01. The maximum Gasteiger partial charge on any atom is 0.0464 e. The molecule has 0 bridgehead atoms. The molecule has 0 aromatic rings. The monoisotopic (exact) mass is 201 g/mol. The Balaban J connectivity index is 3.10.